The molecule has 2 aromatic rings. The van der Waals surface area contributed by atoms with Gasteiger partial charge in [0.05, 0.1) is 25.0 Å². The van der Waals surface area contributed by atoms with Crippen LogP contribution >= 0.6 is 0 Å². The average Bonchev–Trinajstić information content (AvgIpc) is 3.10. The van der Waals surface area contributed by atoms with Crippen molar-refractivity contribution in [3.05, 3.63) is 59.0 Å². The second-order valence-electron chi connectivity index (χ2n) is 6.40. The monoisotopic (exact) mass is 342 g/mol. The molecule has 2 heterocycles. The molecule has 0 aliphatic carbocycles. The molecule has 1 aromatic carbocycles. The molecule has 1 aliphatic rings. The zero-order valence-electron chi connectivity index (χ0n) is 14.8. The van der Waals surface area contributed by atoms with Crippen molar-refractivity contribution in [1.29, 1.82) is 0 Å². The van der Waals surface area contributed by atoms with Gasteiger partial charge in [0.2, 0.25) is 0 Å². The van der Waals surface area contributed by atoms with E-state index in [0.29, 0.717) is 12.1 Å². The maximum absolute atomic E-state index is 12.3. The lowest BCUT2D eigenvalue weighted by atomic mass is 10.1. The molecule has 0 saturated carbocycles. The Morgan fingerprint density at radius 2 is 1.84 bits per heavy atom. The van der Waals surface area contributed by atoms with Gasteiger partial charge in [0.15, 0.2) is 0 Å². The minimum Gasteiger partial charge on any atom is -0.469 e. The third-order valence-corrected chi connectivity index (χ3v) is 4.45. The van der Waals surface area contributed by atoms with Crippen LogP contribution < -0.4 is 5.32 Å². The number of benzene rings is 1. The van der Waals surface area contributed by atoms with Crippen LogP contribution in [0.5, 0.6) is 0 Å². The van der Waals surface area contributed by atoms with E-state index in [1.165, 1.54) is 5.56 Å². The molecular formula is C20H26N2O3. The zero-order chi connectivity index (χ0) is 17.5. The van der Waals surface area contributed by atoms with Crippen LogP contribution in [0, 0.1) is 0 Å². The summed E-state index contributed by atoms with van der Waals surface area (Å²) in [5.41, 5.74) is 3.03. The number of aryl methyl sites for hydroxylation is 1. The van der Waals surface area contributed by atoms with Gasteiger partial charge in [-0.25, -0.2) is 0 Å². The standard InChI is InChI=1S/C20H26N2O3/c1-2-3-19-18(8-11-25-19)20(23)21-14-16-4-6-17(7-5-16)15-22-9-12-24-13-10-22/h4-8,11H,2-3,9-10,12-15H2,1H3,(H,21,23). The van der Waals surface area contributed by atoms with E-state index in [0.717, 1.165) is 57.0 Å². The van der Waals surface area contributed by atoms with Crippen molar-refractivity contribution in [1.82, 2.24) is 10.2 Å². The van der Waals surface area contributed by atoms with Crippen LogP contribution in [-0.4, -0.2) is 37.1 Å². The van der Waals surface area contributed by atoms with Gasteiger partial charge in [-0.15, -0.1) is 0 Å². The number of nitrogens with one attached hydrogen (secondary N) is 1. The Hall–Kier alpha value is -2.11. The fourth-order valence-corrected chi connectivity index (χ4v) is 3.02. The van der Waals surface area contributed by atoms with Gasteiger partial charge in [-0.3, -0.25) is 9.69 Å². The molecule has 1 saturated heterocycles. The number of rotatable bonds is 7. The van der Waals surface area contributed by atoms with Crippen LogP contribution in [-0.2, 0) is 24.2 Å². The largest absolute Gasteiger partial charge is 0.469 e. The highest BCUT2D eigenvalue weighted by Gasteiger charge is 2.14. The Morgan fingerprint density at radius 3 is 2.56 bits per heavy atom. The summed E-state index contributed by atoms with van der Waals surface area (Å²) in [6.45, 7) is 7.16. The molecule has 0 bridgehead atoms. The van der Waals surface area contributed by atoms with Crippen LogP contribution in [0.1, 0.15) is 40.6 Å². The first-order chi connectivity index (χ1) is 12.3. The molecule has 25 heavy (non-hydrogen) atoms. The fourth-order valence-electron chi connectivity index (χ4n) is 3.02. The van der Waals surface area contributed by atoms with Gasteiger partial charge >= 0.3 is 0 Å². The highest BCUT2D eigenvalue weighted by atomic mass is 16.5. The van der Waals surface area contributed by atoms with Gasteiger partial charge in [0.25, 0.3) is 5.91 Å². The molecule has 0 atom stereocenters. The Morgan fingerprint density at radius 1 is 1.12 bits per heavy atom. The Balaban J connectivity index is 1.51. The highest BCUT2D eigenvalue weighted by Crippen LogP contribution is 2.13. The number of hydrogen-bond donors (Lipinski definition) is 1. The van der Waals surface area contributed by atoms with E-state index in [1.807, 2.05) is 0 Å². The number of morpholine rings is 1. The summed E-state index contributed by atoms with van der Waals surface area (Å²) in [6, 6.07) is 10.2. The normalized spacial score (nSPS) is 15.2. The molecule has 3 rings (SSSR count). The predicted molar refractivity (Wildman–Crippen MR) is 96.4 cm³/mol. The second kappa shape index (κ2) is 8.83. The Kier molecular flexibility index (Phi) is 6.25. The molecule has 1 aromatic heterocycles. The summed E-state index contributed by atoms with van der Waals surface area (Å²) in [5, 5.41) is 2.98. The minimum absolute atomic E-state index is 0.0745. The average molecular weight is 342 g/mol. The van der Waals surface area contributed by atoms with Crippen molar-refractivity contribution in [2.45, 2.75) is 32.9 Å². The summed E-state index contributed by atoms with van der Waals surface area (Å²) >= 11 is 0. The number of nitrogens with zero attached hydrogens (tertiary/aromatic N) is 1. The van der Waals surface area contributed by atoms with E-state index in [4.69, 9.17) is 9.15 Å². The molecule has 5 heteroatoms. The van der Waals surface area contributed by atoms with E-state index in [1.54, 1.807) is 12.3 Å². The third kappa shape index (κ3) is 4.94. The van der Waals surface area contributed by atoms with Gasteiger partial charge in [0.1, 0.15) is 5.76 Å². The molecule has 0 radical (unpaired) electrons. The summed E-state index contributed by atoms with van der Waals surface area (Å²) in [7, 11) is 0. The van der Waals surface area contributed by atoms with Gasteiger partial charge in [-0.2, -0.15) is 0 Å². The quantitative estimate of drug-likeness (QED) is 0.840. The molecule has 0 unspecified atom stereocenters. The molecular weight excluding hydrogens is 316 g/mol. The molecule has 134 valence electrons. The van der Waals surface area contributed by atoms with Crippen molar-refractivity contribution in [3.63, 3.8) is 0 Å². The number of carbonyl (C=O) groups excluding carboxylic acids is 1. The van der Waals surface area contributed by atoms with E-state index < -0.39 is 0 Å². The van der Waals surface area contributed by atoms with Crippen molar-refractivity contribution in [2.24, 2.45) is 0 Å². The summed E-state index contributed by atoms with van der Waals surface area (Å²) in [4.78, 5) is 14.7. The third-order valence-electron chi connectivity index (χ3n) is 4.45. The maximum Gasteiger partial charge on any atom is 0.255 e. The van der Waals surface area contributed by atoms with Gasteiger partial charge in [0, 0.05) is 32.6 Å². The summed E-state index contributed by atoms with van der Waals surface area (Å²) in [5.74, 6) is 0.690. The van der Waals surface area contributed by atoms with Crippen molar-refractivity contribution >= 4 is 5.91 Å². The van der Waals surface area contributed by atoms with Crippen LogP contribution in [0.25, 0.3) is 0 Å². The first-order valence-electron chi connectivity index (χ1n) is 8.98. The fraction of sp³-hybridized carbons (Fsp3) is 0.450. The molecule has 0 spiro atoms. The Bertz CT molecular complexity index is 673. The lowest BCUT2D eigenvalue weighted by molar-refractivity contribution is 0.0342. The molecule has 1 amide bonds. The van der Waals surface area contributed by atoms with Crippen molar-refractivity contribution in [2.75, 3.05) is 26.3 Å². The van der Waals surface area contributed by atoms with E-state index in [9.17, 15) is 4.79 Å². The smallest absolute Gasteiger partial charge is 0.255 e. The zero-order valence-corrected chi connectivity index (χ0v) is 14.8. The lowest BCUT2D eigenvalue weighted by Crippen LogP contribution is -2.35. The molecule has 1 fully saturated rings. The second-order valence-corrected chi connectivity index (χ2v) is 6.40. The van der Waals surface area contributed by atoms with Crippen molar-refractivity contribution in [3.8, 4) is 0 Å². The van der Waals surface area contributed by atoms with Gasteiger partial charge < -0.3 is 14.5 Å². The maximum atomic E-state index is 12.3. The number of ether oxygens (including phenoxy) is 1. The van der Waals surface area contributed by atoms with Crippen LogP contribution in [0.3, 0.4) is 0 Å². The van der Waals surface area contributed by atoms with E-state index in [-0.39, 0.29) is 5.91 Å². The van der Waals surface area contributed by atoms with Crippen LogP contribution in [0.15, 0.2) is 41.0 Å². The number of hydrogen-bond acceptors (Lipinski definition) is 4. The van der Waals surface area contributed by atoms with Crippen molar-refractivity contribution < 1.29 is 13.9 Å². The molecule has 5 nitrogen and oxygen atoms in total. The van der Waals surface area contributed by atoms with Gasteiger partial charge in [-0.05, 0) is 23.6 Å². The number of amides is 1. The summed E-state index contributed by atoms with van der Waals surface area (Å²) in [6.07, 6.45) is 3.32. The van der Waals surface area contributed by atoms with Crippen LogP contribution in [0.2, 0.25) is 0 Å². The topological polar surface area (TPSA) is 54.7 Å². The number of carbonyl (C=O) groups is 1. The predicted octanol–water partition coefficient (Wildman–Crippen LogP) is 2.99. The minimum atomic E-state index is -0.0745. The first-order valence-corrected chi connectivity index (χ1v) is 8.98. The lowest BCUT2D eigenvalue weighted by Gasteiger charge is -2.26. The van der Waals surface area contributed by atoms with E-state index in [2.05, 4.69) is 41.4 Å². The molecule has 1 N–H and O–H groups in total. The summed E-state index contributed by atoms with van der Waals surface area (Å²) < 4.78 is 10.8. The van der Waals surface area contributed by atoms with E-state index >= 15 is 0 Å². The number of furan rings is 1. The van der Waals surface area contributed by atoms with Crippen LogP contribution in [0.4, 0.5) is 0 Å². The highest BCUT2D eigenvalue weighted by molar-refractivity contribution is 5.95. The molecule has 1 aliphatic heterocycles. The SMILES string of the molecule is CCCc1occc1C(=O)NCc1ccc(CN2CCOCC2)cc1. The van der Waals surface area contributed by atoms with Gasteiger partial charge in [-0.1, -0.05) is 31.2 Å². The first kappa shape index (κ1) is 17.7. The Labute approximate surface area is 149 Å².